The zero-order valence-corrected chi connectivity index (χ0v) is 35.2. The van der Waals surface area contributed by atoms with Crippen LogP contribution in [0.25, 0.3) is 53.6 Å². The summed E-state index contributed by atoms with van der Waals surface area (Å²) >= 11 is 1.70. The lowest BCUT2D eigenvalue weighted by atomic mass is 10.0. The number of benzene rings is 4. The Morgan fingerprint density at radius 2 is 1.55 bits per heavy atom. The number of likely N-dealkylation sites (tertiary alicyclic amines) is 2. The van der Waals surface area contributed by atoms with Gasteiger partial charge in [0.2, 0.25) is 5.91 Å². The molecule has 7 aromatic rings. The summed E-state index contributed by atoms with van der Waals surface area (Å²) in [5.74, 6) is 0.818. The molecule has 3 aromatic heterocycles. The fraction of sp³-hybridized carbons (Fsp3) is 0.304. The van der Waals surface area contributed by atoms with Crippen molar-refractivity contribution in [1.82, 2.24) is 40.4 Å². The number of aromatic nitrogens is 4. The molecule has 62 heavy (non-hydrogen) atoms. The molecule has 318 valence electrons. The lowest BCUT2D eigenvalue weighted by molar-refractivity contribution is -0.137. The van der Waals surface area contributed by atoms with Crippen LogP contribution in [0.1, 0.15) is 67.9 Å². The number of aromatic amines is 2. The molecule has 2 saturated heterocycles. The van der Waals surface area contributed by atoms with Gasteiger partial charge in [0.25, 0.3) is 5.91 Å². The zero-order chi connectivity index (χ0) is 43.1. The van der Waals surface area contributed by atoms with E-state index in [0.29, 0.717) is 36.7 Å². The van der Waals surface area contributed by atoms with Crippen LogP contribution in [0.2, 0.25) is 0 Å². The van der Waals surface area contributed by atoms with E-state index in [1.165, 1.54) is 14.2 Å². The first-order valence-electron chi connectivity index (χ1n) is 20.6. The number of alkyl carbamates (subject to hydrolysis) is 1. The van der Waals surface area contributed by atoms with Crippen molar-refractivity contribution >= 4 is 67.2 Å². The van der Waals surface area contributed by atoms with Gasteiger partial charge >= 0.3 is 12.2 Å². The highest BCUT2D eigenvalue weighted by Crippen LogP contribution is 2.40. The van der Waals surface area contributed by atoms with E-state index < -0.39 is 30.4 Å². The van der Waals surface area contributed by atoms with Gasteiger partial charge in [-0.05, 0) is 78.8 Å². The average Bonchev–Trinajstić information content (AvgIpc) is 4.15. The Labute approximate surface area is 360 Å². The number of hydrogen-bond donors (Lipinski definition) is 5. The van der Waals surface area contributed by atoms with Crippen LogP contribution in [0.4, 0.5) is 9.59 Å². The minimum atomic E-state index is -1.28. The van der Waals surface area contributed by atoms with Crippen molar-refractivity contribution in [1.29, 1.82) is 0 Å². The maximum atomic E-state index is 14.1. The quantitative estimate of drug-likeness (QED) is 0.0855. The molecule has 5 atom stereocenters. The Morgan fingerprint density at radius 1 is 0.823 bits per heavy atom. The van der Waals surface area contributed by atoms with Gasteiger partial charge < -0.3 is 45.0 Å². The van der Waals surface area contributed by atoms with Gasteiger partial charge in [0.1, 0.15) is 23.7 Å². The number of rotatable bonds is 11. The lowest BCUT2D eigenvalue weighted by Gasteiger charge is -2.30. The van der Waals surface area contributed by atoms with Crippen molar-refractivity contribution in [3.63, 3.8) is 0 Å². The monoisotopic (exact) mass is 854 g/mol. The molecule has 5 unspecified atom stereocenters. The van der Waals surface area contributed by atoms with Crippen LogP contribution in [-0.2, 0) is 19.1 Å². The van der Waals surface area contributed by atoms with Crippen molar-refractivity contribution in [2.45, 2.75) is 62.9 Å². The number of fused-ring (bicyclic) bond motifs is 4. The number of amides is 4. The third-order valence-electron chi connectivity index (χ3n) is 12.1. The number of carbonyl (C=O) groups excluding carboxylic acids is 3. The largest absolute Gasteiger partial charge is 0.465 e. The first-order valence-corrected chi connectivity index (χ1v) is 21.5. The molecule has 4 aromatic carbocycles. The number of ether oxygens (including phenoxy) is 2. The number of carbonyl (C=O) groups is 4. The Balaban J connectivity index is 0.941. The topological polar surface area (TPSA) is 195 Å². The molecule has 16 heteroatoms. The molecule has 2 aliphatic rings. The molecule has 0 aliphatic carbocycles. The molecular formula is C46H46N8O7S. The van der Waals surface area contributed by atoms with E-state index in [4.69, 9.17) is 14.5 Å². The zero-order valence-electron chi connectivity index (χ0n) is 34.4. The summed E-state index contributed by atoms with van der Waals surface area (Å²) in [6.45, 7) is 2.71. The maximum absolute atomic E-state index is 14.1. The van der Waals surface area contributed by atoms with Gasteiger partial charge in [0.15, 0.2) is 0 Å². The molecule has 15 nitrogen and oxygen atoms in total. The second-order valence-corrected chi connectivity index (χ2v) is 16.9. The number of hydrogen-bond acceptors (Lipinski definition) is 9. The van der Waals surface area contributed by atoms with E-state index in [1.807, 2.05) is 36.4 Å². The number of nitrogens with zero attached hydrogens (tertiary/aromatic N) is 4. The summed E-state index contributed by atoms with van der Waals surface area (Å²) in [4.78, 5) is 72.8. The highest BCUT2D eigenvalue weighted by atomic mass is 32.1. The molecular weight excluding hydrogens is 809 g/mol. The minimum absolute atomic E-state index is 0.215. The number of methoxy groups -OCH3 is 2. The highest BCUT2D eigenvalue weighted by molar-refractivity contribution is 7.22. The summed E-state index contributed by atoms with van der Waals surface area (Å²) in [5.41, 5.74) is 5.27. The van der Waals surface area contributed by atoms with E-state index in [2.05, 4.69) is 74.1 Å². The first-order chi connectivity index (χ1) is 30.1. The normalized spacial score (nSPS) is 18.0. The van der Waals surface area contributed by atoms with E-state index in [0.717, 1.165) is 72.9 Å². The Hall–Kier alpha value is -6.78. The molecule has 0 spiro atoms. The van der Waals surface area contributed by atoms with Gasteiger partial charge in [-0.25, -0.2) is 19.6 Å². The summed E-state index contributed by atoms with van der Waals surface area (Å²) in [6, 6.07) is 25.7. The van der Waals surface area contributed by atoms with Crippen molar-refractivity contribution in [3.05, 3.63) is 108 Å². The van der Waals surface area contributed by atoms with Crippen LogP contribution in [0.5, 0.6) is 0 Å². The fourth-order valence-electron chi connectivity index (χ4n) is 8.86. The summed E-state index contributed by atoms with van der Waals surface area (Å²) in [5, 5.41) is 17.6. The SMILES string of the molecule is COC(=O)NC(C(=O)N1CCCC1c1nc2c(ccc3cc(-c4cc5ccc(-c6cnc(C7CCCN7C(=O)C(NC(=O)O)C(C)OC)[nH]6)cc5s4)ccc32)[nH]1)c1ccccc1. The molecule has 4 amide bonds. The second-order valence-electron chi connectivity index (χ2n) is 15.8. The molecule has 0 bridgehead atoms. The highest BCUT2D eigenvalue weighted by Gasteiger charge is 2.39. The molecule has 5 N–H and O–H groups in total. The van der Waals surface area contributed by atoms with Gasteiger partial charge in [0, 0.05) is 40.7 Å². The summed E-state index contributed by atoms with van der Waals surface area (Å²) in [6.07, 6.45) is 2.22. The van der Waals surface area contributed by atoms with Crippen LogP contribution < -0.4 is 10.6 Å². The Kier molecular flexibility index (Phi) is 11.1. The Bertz CT molecular complexity index is 2820. The molecule has 0 saturated carbocycles. The van der Waals surface area contributed by atoms with Crippen LogP contribution in [0, 0.1) is 0 Å². The van der Waals surface area contributed by atoms with Crippen LogP contribution in [0.3, 0.4) is 0 Å². The average molecular weight is 855 g/mol. The Morgan fingerprint density at radius 3 is 2.29 bits per heavy atom. The van der Waals surface area contributed by atoms with Gasteiger partial charge in [-0.2, -0.15) is 0 Å². The van der Waals surface area contributed by atoms with Crippen LogP contribution in [0.15, 0.2) is 91.1 Å². The fourth-order valence-corrected chi connectivity index (χ4v) is 9.96. The van der Waals surface area contributed by atoms with Gasteiger partial charge in [-0.1, -0.05) is 60.7 Å². The molecule has 9 rings (SSSR count). The molecule has 2 aliphatic heterocycles. The van der Waals surface area contributed by atoms with Crippen molar-refractivity contribution in [2.24, 2.45) is 0 Å². The van der Waals surface area contributed by atoms with Crippen molar-refractivity contribution in [3.8, 4) is 21.7 Å². The van der Waals surface area contributed by atoms with E-state index in [-0.39, 0.29) is 23.9 Å². The minimum Gasteiger partial charge on any atom is -0.465 e. The standard InChI is InChI=1S/C46H46N8O7S/c1-25(60-2)38(51-45(57)58)43(55)53-19-7-11-34(53)41-47-24-33(49-41)28-13-14-30-23-37(62-36(30)22-28)29-15-17-31-27(21-29)16-18-32-40(31)50-42(48-32)35-12-8-20-54(35)44(56)39(52-46(59)61-3)26-9-5-4-6-10-26/h4-6,9-10,13-18,21-25,34-35,38-39,51H,7-8,11-12,19-20H2,1-3H3,(H,47,49)(H,48,50)(H,52,59)(H,57,58). The first kappa shape index (κ1) is 40.6. The second kappa shape index (κ2) is 16.9. The third kappa shape index (κ3) is 7.71. The van der Waals surface area contributed by atoms with E-state index in [9.17, 15) is 24.3 Å². The smallest absolute Gasteiger partial charge is 0.407 e. The lowest BCUT2D eigenvalue weighted by Crippen LogP contribution is -2.53. The molecule has 2 fully saturated rings. The van der Waals surface area contributed by atoms with Gasteiger partial charge in [-0.15, -0.1) is 11.3 Å². The number of H-pyrrole nitrogens is 2. The maximum Gasteiger partial charge on any atom is 0.407 e. The van der Waals surface area contributed by atoms with E-state index in [1.54, 1.807) is 34.3 Å². The van der Waals surface area contributed by atoms with Crippen molar-refractivity contribution < 1.29 is 33.8 Å². The number of nitrogens with one attached hydrogen (secondary N) is 4. The number of imidazole rings is 2. The van der Waals surface area contributed by atoms with E-state index >= 15 is 0 Å². The predicted octanol–water partition coefficient (Wildman–Crippen LogP) is 8.08. The third-order valence-corrected chi connectivity index (χ3v) is 13.3. The number of carboxylic acid groups (broad SMARTS) is 1. The van der Waals surface area contributed by atoms with Crippen LogP contribution >= 0.6 is 11.3 Å². The molecule has 5 heterocycles. The number of thiophene rings is 1. The predicted molar refractivity (Wildman–Crippen MR) is 236 cm³/mol. The summed E-state index contributed by atoms with van der Waals surface area (Å²) < 4.78 is 11.3. The molecule has 0 radical (unpaired) electrons. The van der Waals surface area contributed by atoms with Crippen molar-refractivity contribution in [2.75, 3.05) is 27.3 Å². The van der Waals surface area contributed by atoms with Crippen LogP contribution in [-0.4, -0.2) is 98.3 Å². The summed E-state index contributed by atoms with van der Waals surface area (Å²) in [7, 11) is 2.73. The van der Waals surface area contributed by atoms with Gasteiger partial charge in [0.05, 0.1) is 48.2 Å². The van der Waals surface area contributed by atoms with Gasteiger partial charge in [-0.3, -0.25) is 9.59 Å².